The lowest BCUT2D eigenvalue weighted by molar-refractivity contribution is -0.0621. The summed E-state index contributed by atoms with van der Waals surface area (Å²) in [7, 11) is 0. The van der Waals surface area contributed by atoms with E-state index in [1.807, 2.05) is 19.1 Å². The summed E-state index contributed by atoms with van der Waals surface area (Å²) in [5, 5.41) is 0. The molecule has 0 aliphatic carbocycles. The fraction of sp³-hybridized carbons (Fsp3) is 0.692. The van der Waals surface area contributed by atoms with Crippen LogP contribution in [0.25, 0.3) is 0 Å². The molecule has 1 aliphatic heterocycles. The first kappa shape index (κ1) is 10.7. The highest BCUT2D eigenvalue weighted by molar-refractivity contribution is 5.14. The summed E-state index contributed by atoms with van der Waals surface area (Å²) in [5.74, 6) is 2.52. The molecule has 0 N–H and O–H groups in total. The van der Waals surface area contributed by atoms with E-state index in [9.17, 15) is 0 Å². The van der Waals surface area contributed by atoms with Crippen LogP contribution in [-0.2, 0) is 10.3 Å². The normalized spacial score (nSPS) is 31.4. The van der Waals surface area contributed by atoms with Crippen molar-refractivity contribution >= 4 is 0 Å². The molecule has 2 rings (SSSR count). The van der Waals surface area contributed by atoms with Gasteiger partial charge in [-0.1, -0.05) is 13.8 Å². The largest absolute Gasteiger partial charge is 0.463 e. The van der Waals surface area contributed by atoms with Gasteiger partial charge < -0.3 is 9.15 Å². The molecule has 2 atom stereocenters. The lowest BCUT2D eigenvalue weighted by Crippen LogP contribution is -2.23. The lowest BCUT2D eigenvalue weighted by atomic mass is 9.97. The molecule has 1 saturated heterocycles. The third kappa shape index (κ3) is 1.96. The van der Waals surface area contributed by atoms with E-state index < -0.39 is 0 Å². The van der Waals surface area contributed by atoms with Crippen LogP contribution in [0.4, 0.5) is 0 Å². The number of ether oxygens (including phenoxy) is 1. The summed E-state index contributed by atoms with van der Waals surface area (Å²) < 4.78 is 11.8. The molecule has 0 bridgehead atoms. The minimum atomic E-state index is -0.205. The topological polar surface area (TPSA) is 22.4 Å². The fourth-order valence-corrected chi connectivity index (χ4v) is 2.24. The Labute approximate surface area is 91.6 Å². The van der Waals surface area contributed by atoms with Crippen LogP contribution in [-0.4, -0.2) is 6.10 Å². The molecule has 2 heterocycles. The predicted molar refractivity (Wildman–Crippen MR) is 59.7 cm³/mol. The number of aryl methyl sites for hydroxylation is 1. The van der Waals surface area contributed by atoms with Crippen LogP contribution < -0.4 is 0 Å². The van der Waals surface area contributed by atoms with Crippen molar-refractivity contribution in [3.05, 3.63) is 23.7 Å². The molecule has 15 heavy (non-hydrogen) atoms. The number of hydrogen-bond acceptors (Lipinski definition) is 2. The third-order valence-electron chi connectivity index (χ3n) is 3.32. The zero-order valence-electron chi connectivity index (χ0n) is 10.0. The summed E-state index contributed by atoms with van der Waals surface area (Å²) >= 11 is 0. The zero-order valence-corrected chi connectivity index (χ0v) is 10.0. The van der Waals surface area contributed by atoms with Gasteiger partial charge in [0.25, 0.3) is 0 Å². The fourth-order valence-electron chi connectivity index (χ4n) is 2.24. The van der Waals surface area contributed by atoms with E-state index in [4.69, 9.17) is 9.15 Å². The van der Waals surface area contributed by atoms with Crippen LogP contribution in [0.2, 0.25) is 0 Å². The maximum Gasteiger partial charge on any atom is 0.135 e. The second-order valence-corrected chi connectivity index (χ2v) is 5.08. The second kappa shape index (κ2) is 3.67. The van der Waals surface area contributed by atoms with Gasteiger partial charge in [-0.2, -0.15) is 0 Å². The van der Waals surface area contributed by atoms with E-state index in [2.05, 4.69) is 20.8 Å². The van der Waals surface area contributed by atoms with Crippen molar-refractivity contribution in [2.75, 3.05) is 0 Å². The molecular weight excluding hydrogens is 188 g/mol. The monoisotopic (exact) mass is 208 g/mol. The van der Waals surface area contributed by atoms with Crippen molar-refractivity contribution in [3.8, 4) is 0 Å². The Morgan fingerprint density at radius 1 is 1.40 bits per heavy atom. The molecule has 84 valence electrons. The van der Waals surface area contributed by atoms with Gasteiger partial charge in [-0.25, -0.2) is 0 Å². The molecule has 1 aromatic heterocycles. The predicted octanol–water partition coefficient (Wildman–Crippen LogP) is 3.64. The van der Waals surface area contributed by atoms with Gasteiger partial charge in [-0.05, 0) is 44.7 Å². The van der Waals surface area contributed by atoms with Crippen LogP contribution in [0.5, 0.6) is 0 Å². The van der Waals surface area contributed by atoms with Crippen molar-refractivity contribution in [2.45, 2.75) is 52.2 Å². The highest BCUT2D eigenvalue weighted by Gasteiger charge is 2.40. The Morgan fingerprint density at radius 3 is 2.60 bits per heavy atom. The van der Waals surface area contributed by atoms with Crippen molar-refractivity contribution in [1.29, 1.82) is 0 Å². The minimum absolute atomic E-state index is 0.205. The van der Waals surface area contributed by atoms with Gasteiger partial charge in [-0.15, -0.1) is 0 Å². The van der Waals surface area contributed by atoms with Gasteiger partial charge in [0.2, 0.25) is 0 Å². The van der Waals surface area contributed by atoms with E-state index in [0.717, 1.165) is 24.4 Å². The van der Waals surface area contributed by atoms with Crippen molar-refractivity contribution < 1.29 is 9.15 Å². The average molecular weight is 208 g/mol. The first-order chi connectivity index (χ1) is 7.01. The Kier molecular flexibility index (Phi) is 2.63. The van der Waals surface area contributed by atoms with E-state index in [1.54, 1.807) is 0 Å². The minimum Gasteiger partial charge on any atom is -0.463 e. The quantitative estimate of drug-likeness (QED) is 0.740. The number of hydrogen-bond donors (Lipinski definition) is 0. The highest BCUT2D eigenvalue weighted by atomic mass is 16.5. The van der Waals surface area contributed by atoms with Gasteiger partial charge >= 0.3 is 0 Å². The van der Waals surface area contributed by atoms with Gasteiger partial charge in [0.1, 0.15) is 17.1 Å². The Balaban J connectivity index is 2.16. The smallest absolute Gasteiger partial charge is 0.135 e. The Hall–Kier alpha value is -0.760. The Bertz CT molecular complexity index is 340. The molecule has 0 radical (unpaired) electrons. The van der Waals surface area contributed by atoms with E-state index >= 15 is 0 Å². The van der Waals surface area contributed by atoms with E-state index in [-0.39, 0.29) is 5.60 Å². The summed E-state index contributed by atoms with van der Waals surface area (Å²) in [6, 6.07) is 4.05. The summed E-state index contributed by atoms with van der Waals surface area (Å²) in [5.41, 5.74) is -0.205. The van der Waals surface area contributed by atoms with Crippen LogP contribution >= 0.6 is 0 Å². The molecule has 2 nitrogen and oxygen atoms in total. The maximum atomic E-state index is 6.12. The van der Waals surface area contributed by atoms with E-state index in [1.165, 1.54) is 0 Å². The second-order valence-electron chi connectivity index (χ2n) is 5.08. The first-order valence-electron chi connectivity index (χ1n) is 5.76. The lowest BCUT2D eigenvalue weighted by Gasteiger charge is -2.24. The van der Waals surface area contributed by atoms with E-state index in [0.29, 0.717) is 12.0 Å². The van der Waals surface area contributed by atoms with Crippen LogP contribution in [0.1, 0.15) is 45.1 Å². The van der Waals surface area contributed by atoms with Gasteiger partial charge in [0.05, 0.1) is 6.10 Å². The molecule has 1 aliphatic rings. The zero-order chi connectivity index (χ0) is 11.1. The average Bonchev–Trinajstić information content (AvgIpc) is 2.73. The molecule has 1 fully saturated rings. The van der Waals surface area contributed by atoms with Crippen LogP contribution in [0.15, 0.2) is 16.5 Å². The molecule has 0 amide bonds. The van der Waals surface area contributed by atoms with Crippen LogP contribution in [0, 0.1) is 12.8 Å². The summed E-state index contributed by atoms with van der Waals surface area (Å²) in [6.45, 7) is 8.53. The molecule has 1 aromatic rings. The maximum absolute atomic E-state index is 6.12. The molecule has 0 saturated carbocycles. The summed E-state index contributed by atoms with van der Waals surface area (Å²) in [4.78, 5) is 0. The van der Waals surface area contributed by atoms with Crippen LogP contribution in [0.3, 0.4) is 0 Å². The number of rotatable bonds is 2. The van der Waals surface area contributed by atoms with Crippen molar-refractivity contribution in [3.63, 3.8) is 0 Å². The standard InChI is InChI=1S/C13H20O2/c1-9(2)11-7-8-13(4,15-11)12-6-5-10(3)14-12/h5-6,9,11H,7-8H2,1-4H3. The van der Waals surface area contributed by atoms with Gasteiger partial charge in [-0.3, -0.25) is 0 Å². The van der Waals surface area contributed by atoms with Crippen molar-refractivity contribution in [2.24, 2.45) is 5.92 Å². The molecule has 2 heteroatoms. The molecule has 0 spiro atoms. The highest BCUT2D eigenvalue weighted by Crippen LogP contribution is 2.41. The summed E-state index contributed by atoms with van der Waals surface area (Å²) in [6.07, 6.45) is 2.57. The molecule has 2 unspecified atom stereocenters. The SMILES string of the molecule is Cc1ccc(C2(C)CCC(C(C)C)O2)o1. The first-order valence-corrected chi connectivity index (χ1v) is 5.76. The number of furan rings is 1. The Morgan fingerprint density at radius 2 is 2.13 bits per heavy atom. The van der Waals surface area contributed by atoms with Gasteiger partial charge in [0.15, 0.2) is 0 Å². The van der Waals surface area contributed by atoms with Crippen molar-refractivity contribution in [1.82, 2.24) is 0 Å². The van der Waals surface area contributed by atoms with Gasteiger partial charge in [0, 0.05) is 0 Å². The third-order valence-corrected chi connectivity index (χ3v) is 3.32. The molecular formula is C13H20O2. The molecule has 0 aromatic carbocycles.